The number of benzene rings is 7. The largest absolute Gasteiger partial charge is 0.356 e. The smallest absolute Gasteiger partial charge is 0.0643 e. The van der Waals surface area contributed by atoms with Crippen LogP contribution in [-0.2, 0) is 16.2 Å². The minimum absolute atomic E-state index is 0.0286. The Kier molecular flexibility index (Phi) is 7.43. The van der Waals surface area contributed by atoms with Gasteiger partial charge in [0.1, 0.15) is 0 Å². The van der Waals surface area contributed by atoms with Crippen molar-refractivity contribution in [2.24, 2.45) is 0 Å². The zero-order chi connectivity index (χ0) is 40.6. The van der Waals surface area contributed by atoms with Crippen LogP contribution in [0.5, 0.6) is 0 Å². The zero-order valence-electron chi connectivity index (χ0n) is 35.5. The number of hydrogen-bond acceptors (Lipinski definition) is 2. The molecule has 1 fully saturated rings. The van der Waals surface area contributed by atoms with E-state index in [0.717, 1.165) is 17.8 Å². The van der Waals surface area contributed by atoms with E-state index in [-0.39, 0.29) is 21.8 Å². The first kappa shape index (κ1) is 35.8. The molecule has 5 aliphatic carbocycles. The fourth-order valence-corrected chi connectivity index (χ4v) is 12.5. The normalized spacial score (nSPS) is 20.1. The monoisotopic (exact) mass is 776 g/mol. The van der Waals surface area contributed by atoms with Gasteiger partial charge in [-0.15, -0.1) is 0 Å². The average Bonchev–Trinajstić information content (AvgIpc) is 3.98. The van der Waals surface area contributed by atoms with E-state index in [4.69, 9.17) is 0 Å². The Morgan fingerprint density at radius 2 is 1.08 bits per heavy atom. The molecule has 0 aromatic heterocycles. The molecule has 5 aliphatic rings. The quantitative estimate of drug-likeness (QED) is 0.187. The summed E-state index contributed by atoms with van der Waals surface area (Å²) in [6.07, 6.45) is 15.0. The molecular weight excluding hydrogens is 725 g/mol. The van der Waals surface area contributed by atoms with Crippen LogP contribution in [0.25, 0.3) is 44.2 Å². The fraction of sp³-hybridized carbons (Fsp3) is 0.241. The van der Waals surface area contributed by atoms with Crippen molar-refractivity contribution in [3.63, 3.8) is 0 Å². The molecule has 294 valence electrons. The Balaban J connectivity index is 1.05. The molecule has 0 saturated heterocycles. The van der Waals surface area contributed by atoms with E-state index in [1.165, 1.54) is 115 Å². The van der Waals surface area contributed by atoms with Crippen molar-refractivity contribution in [1.82, 2.24) is 0 Å². The summed E-state index contributed by atoms with van der Waals surface area (Å²) in [7, 11) is 0. The van der Waals surface area contributed by atoms with E-state index >= 15 is 0 Å². The van der Waals surface area contributed by atoms with E-state index in [1.54, 1.807) is 0 Å². The van der Waals surface area contributed by atoms with Crippen molar-refractivity contribution in [3.8, 4) is 33.4 Å². The number of hydrogen-bond donors (Lipinski definition) is 1. The second kappa shape index (κ2) is 12.5. The SMILES string of the molecule is CC1(C)c2ccccc2-c2ccc(Nc3ccc4c(c3)C3(CCCC3)c3cc5ccccc5c(N(c5ccc6c(c5)C(C)(C)c5ccccc5-6)C5(C)C=CC=CC5)c3-4)cc21. The molecule has 0 bridgehead atoms. The van der Waals surface area contributed by atoms with Gasteiger partial charge in [-0.3, -0.25) is 0 Å². The van der Waals surface area contributed by atoms with Crippen LogP contribution in [0, 0.1) is 0 Å². The highest BCUT2D eigenvalue weighted by molar-refractivity contribution is 6.09. The van der Waals surface area contributed by atoms with Crippen LogP contribution in [0.4, 0.5) is 22.7 Å². The lowest BCUT2D eigenvalue weighted by molar-refractivity contribution is 0.549. The molecule has 2 nitrogen and oxygen atoms in total. The first-order valence-corrected chi connectivity index (χ1v) is 22.2. The number of allylic oxidation sites excluding steroid dienone is 2. The summed E-state index contributed by atoms with van der Waals surface area (Å²) in [5, 5.41) is 6.56. The minimum Gasteiger partial charge on any atom is -0.356 e. The summed E-state index contributed by atoms with van der Waals surface area (Å²) in [6, 6.07) is 51.4. The van der Waals surface area contributed by atoms with Gasteiger partial charge in [-0.25, -0.2) is 0 Å². The van der Waals surface area contributed by atoms with Gasteiger partial charge in [0.25, 0.3) is 0 Å². The Bertz CT molecular complexity index is 3020. The Morgan fingerprint density at radius 1 is 0.500 bits per heavy atom. The predicted molar refractivity (Wildman–Crippen MR) is 253 cm³/mol. The predicted octanol–water partition coefficient (Wildman–Crippen LogP) is 15.4. The summed E-state index contributed by atoms with van der Waals surface area (Å²) in [4.78, 5) is 2.74. The molecule has 0 radical (unpaired) electrons. The molecule has 7 aromatic rings. The van der Waals surface area contributed by atoms with Crippen LogP contribution in [0.1, 0.15) is 100 Å². The number of nitrogens with one attached hydrogen (secondary N) is 1. The topological polar surface area (TPSA) is 15.3 Å². The van der Waals surface area contributed by atoms with Crippen LogP contribution in [0.15, 0.2) is 158 Å². The maximum Gasteiger partial charge on any atom is 0.0643 e. The van der Waals surface area contributed by atoms with Crippen LogP contribution >= 0.6 is 0 Å². The highest BCUT2D eigenvalue weighted by Gasteiger charge is 2.48. The van der Waals surface area contributed by atoms with Gasteiger partial charge >= 0.3 is 0 Å². The third-order valence-electron chi connectivity index (χ3n) is 15.5. The highest BCUT2D eigenvalue weighted by atomic mass is 15.2. The summed E-state index contributed by atoms with van der Waals surface area (Å²) in [5.74, 6) is 0. The van der Waals surface area contributed by atoms with Crippen molar-refractivity contribution in [2.45, 2.75) is 88.5 Å². The van der Waals surface area contributed by atoms with Crippen molar-refractivity contribution in [2.75, 3.05) is 10.2 Å². The van der Waals surface area contributed by atoms with Crippen LogP contribution < -0.4 is 10.2 Å². The van der Waals surface area contributed by atoms with Gasteiger partial charge in [-0.05, 0) is 135 Å². The van der Waals surface area contributed by atoms with Gasteiger partial charge in [0.2, 0.25) is 0 Å². The molecule has 1 saturated carbocycles. The molecule has 12 rings (SSSR count). The fourth-order valence-electron chi connectivity index (χ4n) is 12.5. The van der Waals surface area contributed by atoms with Gasteiger partial charge in [-0.2, -0.15) is 0 Å². The van der Waals surface area contributed by atoms with Crippen molar-refractivity contribution in [3.05, 3.63) is 191 Å². The van der Waals surface area contributed by atoms with Crippen LogP contribution in [0.3, 0.4) is 0 Å². The third-order valence-corrected chi connectivity index (χ3v) is 15.5. The summed E-state index contributed by atoms with van der Waals surface area (Å²) >= 11 is 0. The molecular formula is C58H52N2. The van der Waals surface area contributed by atoms with Gasteiger partial charge in [0.05, 0.1) is 11.2 Å². The Hall–Kier alpha value is -6.12. The summed E-state index contributed by atoms with van der Waals surface area (Å²) in [5.41, 5.74) is 21.3. The van der Waals surface area contributed by atoms with E-state index in [2.05, 4.69) is 203 Å². The molecule has 1 atom stereocenters. The van der Waals surface area contributed by atoms with Gasteiger partial charge in [0, 0.05) is 44.3 Å². The Morgan fingerprint density at radius 3 is 1.77 bits per heavy atom. The molecule has 2 heteroatoms. The molecule has 0 heterocycles. The van der Waals surface area contributed by atoms with Crippen LogP contribution in [0.2, 0.25) is 0 Å². The van der Waals surface area contributed by atoms with Gasteiger partial charge < -0.3 is 10.2 Å². The first-order chi connectivity index (χ1) is 29.1. The summed E-state index contributed by atoms with van der Waals surface area (Å²) < 4.78 is 0. The number of fused-ring (bicyclic) bond motifs is 12. The first-order valence-electron chi connectivity index (χ1n) is 22.2. The van der Waals surface area contributed by atoms with Crippen molar-refractivity contribution in [1.29, 1.82) is 0 Å². The number of rotatable bonds is 5. The van der Waals surface area contributed by atoms with Crippen molar-refractivity contribution >= 4 is 33.5 Å². The minimum atomic E-state index is -0.287. The molecule has 0 amide bonds. The molecule has 1 N–H and O–H groups in total. The molecule has 60 heavy (non-hydrogen) atoms. The number of nitrogens with zero attached hydrogens (tertiary/aromatic N) is 1. The molecule has 7 aromatic carbocycles. The Labute approximate surface area is 355 Å². The van der Waals surface area contributed by atoms with E-state index in [1.807, 2.05) is 0 Å². The third kappa shape index (κ3) is 4.82. The van der Waals surface area contributed by atoms with E-state index in [0.29, 0.717) is 0 Å². The van der Waals surface area contributed by atoms with Gasteiger partial charge in [-0.1, -0.05) is 156 Å². The second-order valence-electron chi connectivity index (χ2n) is 19.6. The maximum atomic E-state index is 3.93. The lowest BCUT2D eigenvalue weighted by Gasteiger charge is -2.44. The lowest BCUT2D eigenvalue weighted by atomic mass is 9.76. The zero-order valence-corrected chi connectivity index (χ0v) is 35.5. The average molecular weight is 777 g/mol. The number of anilines is 4. The molecule has 1 unspecified atom stereocenters. The van der Waals surface area contributed by atoms with Crippen LogP contribution in [-0.4, -0.2) is 5.54 Å². The summed E-state index contributed by atoms with van der Waals surface area (Å²) in [6.45, 7) is 12.0. The van der Waals surface area contributed by atoms with E-state index in [9.17, 15) is 0 Å². The van der Waals surface area contributed by atoms with Crippen molar-refractivity contribution < 1.29 is 0 Å². The van der Waals surface area contributed by atoms with Gasteiger partial charge in [0.15, 0.2) is 0 Å². The maximum absolute atomic E-state index is 3.93. The standard InChI is InChI=1S/C58H52N2/c1-55(2)47-21-11-9-19-42(47)44-26-23-38(34-49(44)55)59-39-24-27-46-51(35-39)58(31-15-16-32-58)52-33-37-17-7-8-18-41(37)54(53(46)52)60(57(5)29-13-6-14-30-57)40-25-28-45-43-20-10-12-22-48(43)56(3,4)50(45)36-40/h6-14,17-29,33-36,59H,15-16,30-32H2,1-5H3. The second-order valence-corrected chi connectivity index (χ2v) is 19.6. The molecule has 0 aliphatic heterocycles. The highest BCUT2D eigenvalue weighted by Crippen LogP contribution is 2.63. The molecule has 1 spiro atoms. The lowest BCUT2D eigenvalue weighted by Crippen LogP contribution is -2.42. The van der Waals surface area contributed by atoms with E-state index < -0.39 is 0 Å².